The number of likely N-dealkylation sites (N-methyl/N-ethyl adjacent to an activating group) is 1. The largest absolute Gasteiger partial charge is 0.301 e. The van der Waals surface area contributed by atoms with Gasteiger partial charge < -0.3 is 4.90 Å². The van der Waals surface area contributed by atoms with E-state index in [1.54, 1.807) is 6.20 Å². The molecule has 0 bridgehead atoms. The molecule has 1 aromatic carbocycles. The van der Waals surface area contributed by atoms with Gasteiger partial charge in [0.2, 0.25) is 0 Å². The van der Waals surface area contributed by atoms with Gasteiger partial charge in [-0.2, -0.15) is 0 Å². The maximum atomic E-state index is 13.0. The van der Waals surface area contributed by atoms with Crippen molar-refractivity contribution in [1.82, 2.24) is 14.8 Å². The van der Waals surface area contributed by atoms with Crippen molar-refractivity contribution in [3.8, 4) is 0 Å². The zero-order chi connectivity index (χ0) is 16.5. The molecule has 1 saturated heterocycles. The van der Waals surface area contributed by atoms with Crippen LogP contribution in [0.25, 0.3) is 0 Å². The van der Waals surface area contributed by atoms with Crippen LogP contribution < -0.4 is 4.90 Å². The van der Waals surface area contributed by atoms with Crippen LogP contribution in [0.3, 0.4) is 0 Å². The first-order valence-electron chi connectivity index (χ1n) is 8.59. The van der Waals surface area contributed by atoms with E-state index in [9.17, 15) is 4.79 Å². The third-order valence-electron chi connectivity index (χ3n) is 5.01. The first kappa shape index (κ1) is 15.3. The summed E-state index contributed by atoms with van der Waals surface area (Å²) in [5, 5.41) is 0. The van der Waals surface area contributed by atoms with Crippen LogP contribution in [0.2, 0.25) is 0 Å². The molecule has 0 radical (unpaired) electrons. The second-order valence-corrected chi connectivity index (χ2v) is 6.29. The fourth-order valence-corrected chi connectivity index (χ4v) is 3.67. The second-order valence-electron chi connectivity index (χ2n) is 6.29. The van der Waals surface area contributed by atoms with Gasteiger partial charge in [0.1, 0.15) is 6.17 Å². The molecule has 1 amide bonds. The number of piperazine rings is 1. The van der Waals surface area contributed by atoms with Crippen LogP contribution in [0.15, 0.2) is 48.7 Å². The van der Waals surface area contributed by atoms with E-state index in [0.29, 0.717) is 0 Å². The molecule has 124 valence electrons. The number of aromatic nitrogens is 1. The molecule has 24 heavy (non-hydrogen) atoms. The van der Waals surface area contributed by atoms with Crippen molar-refractivity contribution in [2.45, 2.75) is 13.1 Å². The number of amides is 1. The standard InChI is InChI=1S/C19H22N4O/c1-2-21-11-13-22(14-12-21)18-17-16(9-6-10-20-17)19(24)23(18)15-7-4-3-5-8-15/h3-10,18H,2,11-14H2,1H3. The van der Waals surface area contributed by atoms with Crippen molar-refractivity contribution in [3.05, 3.63) is 59.9 Å². The third kappa shape index (κ3) is 2.50. The lowest BCUT2D eigenvalue weighted by atomic mass is 10.2. The molecule has 0 N–H and O–H groups in total. The lowest BCUT2D eigenvalue weighted by molar-refractivity contribution is 0.0844. The Kier molecular flexibility index (Phi) is 4.04. The number of para-hydroxylation sites is 1. The SMILES string of the molecule is CCN1CCN(C2c3ncccc3C(=O)N2c2ccccc2)CC1. The number of carbonyl (C=O) groups excluding carboxylic acids is 1. The summed E-state index contributed by atoms with van der Waals surface area (Å²) in [6, 6.07) is 13.7. The zero-order valence-electron chi connectivity index (χ0n) is 13.9. The van der Waals surface area contributed by atoms with Crippen molar-refractivity contribution in [3.63, 3.8) is 0 Å². The van der Waals surface area contributed by atoms with E-state index in [0.717, 1.165) is 49.7 Å². The minimum absolute atomic E-state index is 0.0484. The molecule has 2 aliphatic rings. The summed E-state index contributed by atoms with van der Waals surface area (Å²) in [5.74, 6) is 0.0484. The first-order valence-corrected chi connectivity index (χ1v) is 8.59. The van der Waals surface area contributed by atoms with Crippen molar-refractivity contribution in [1.29, 1.82) is 0 Å². The average Bonchev–Trinajstić information content (AvgIpc) is 2.95. The molecule has 0 spiro atoms. The predicted molar refractivity (Wildman–Crippen MR) is 93.9 cm³/mol. The van der Waals surface area contributed by atoms with Crippen molar-refractivity contribution < 1.29 is 4.79 Å². The summed E-state index contributed by atoms with van der Waals surface area (Å²) in [6.45, 7) is 7.24. The molecular formula is C19H22N4O. The lowest BCUT2D eigenvalue weighted by Gasteiger charge is -2.40. The van der Waals surface area contributed by atoms with Gasteiger partial charge in [-0.05, 0) is 30.8 Å². The van der Waals surface area contributed by atoms with Gasteiger partial charge in [0.25, 0.3) is 5.91 Å². The van der Waals surface area contributed by atoms with Crippen molar-refractivity contribution >= 4 is 11.6 Å². The van der Waals surface area contributed by atoms with Crippen LogP contribution in [0.5, 0.6) is 0 Å². The number of benzene rings is 1. The van der Waals surface area contributed by atoms with E-state index in [1.807, 2.05) is 47.4 Å². The Morgan fingerprint density at radius 1 is 1.04 bits per heavy atom. The van der Waals surface area contributed by atoms with Crippen LogP contribution in [0.1, 0.15) is 29.1 Å². The monoisotopic (exact) mass is 322 g/mol. The highest BCUT2D eigenvalue weighted by molar-refractivity contribution is 6.10. The Hall–Kier alpha value is -2.24. The molecule has 5 heteroatoms. The van der Waals surface area contributed by atoms with Gasteiger partial charge >= 0.3 is 0 Å². The number of hydrogen-bond donors (Lipinski definition) is 0. The molecule has 2 aromatic rings. The van der Waals surface area contributed by atoms with Crippen molar-refractivity contribution in [2.24, 2.45) is 0 Å². The topological polar surface area (TPSA) is 39.7 Å². The molecular weight excluding hydrogens is 300 g/mol. The molecule has 0 aliphatic carbocycles. The first-order chi connectivity index (χ1) is 11.8. The summed E-state index contributed by atoms with van der Waals surface area (Å²) in [7, 11) is 0. The second kappa shape index (κ2) is 6.34. The highest BCUT2D eigenvalue weighted by Gasteiger charge is 2.42. The van der Waals surface area contributed by atoms with Crippen LogP contribution in [0, 0.1) is 0 Å². The van der Waals surface area contributed by atoms with Gasteiger partial charge in [0.15, 0.2) is 0 Å². The maximum Gasteiger partial charge on any atom is 0.261 e. The Labute approximate surface area is 142 Å². The highest BCUT2D eigenvalue weighted by atomic mass is 16.2. The molecule has 1 unspecified atom stereocenters. The molecule has 2 aliphatic heterocycles. The number of rotatable bonds is 3. The molecule has 5 nitrogen and oxygen atoms in total. The predicted octanol–water partition coefficient (Wildman–Crippen LogP) is 2.38. The summed E-state index contributed by atoms with van der Waals surface area (Å²) in [5.41, 5.74) is 2.55. The molecule has 1 aromatic heterocycles. The average molecular weight is 322 g/mol. The fourth-order valence-electron chi connectivity index (χ4n) is 3.67. The quantitative estimate of drug-likeness (QED) is 0.870. The van der Waals surface area contributed by atoms with Crippen LogP contribution >= 0.6 is 0 Å². The smallest absolute Gasteiger partial charge is 0.261 e. The van der Waals surface area contributed by atoms with Gasteiger partial charge in [-0.25, -0.2) is 0 Å². The van der Waals surface area contributed by atoms with E-state index in [1.165, 1.54) is 0 Å². The number of nitrogens with zero attached hydrogens (tertiary/aromatic N) is 4. The molecule has 4 rings (SSSR count). The van der Waals surface area contributed by atoms with E-state index in [4.69, 9.17) is 0 Å². The molecule has 0 saturated carbocycles. The van der Waals surface area contributed by atoms with Gasteiger partial charge in [-0.15, -0.1) is 0 Å². The Balaban J connectivity index is 1.72. The van der Waals surface area contributed by atoms with E-state index < -0.39 is 0 Å². The van der Waals surface area contributed by atoms with Gasteiger partial charge in [0, 0.05) is 38.1 Å². The van der Waals surface area contributed by atoms with Crippen LogP contribution in [-0.2, 0) is 0 Å². The lowest BCUT2D eigenvalue weighted by Crippen LogP contribution is -2.51. The number of anilines is 1. The van der Waals surface area contributed by atoms with E-state index in [2.05, 4.69) is 21.7 Å². The molecule has 1 atom stereocenters. The Morgan fingerprint density at radius 2 is 1.79 bits per heavy atom. The zero-order valence-corrected chi connectivity index (χ0v) is 13.9. The normalized spacial score (nSPS) is 22.0. The van der Waals surface area contributed by atoms with Gasteiger partial charge in [0.05, 0.1) is 11.3 Å². The fraction of sp³-hybridized carbons (Fsp3) is 0.368. The summed E-state index contributed by atoms with van der Waals surface area (Å²) < 4.78 is 0. The third-order valence-corrected chi connectivity index (χ3v) is 5.01. The van der Waals surface area contributed by atoms with E-state index in [-0.39, 0.29) is 12.1 Å². The summed E-state index contributed by atoms with van der Waals surface area (Å²) in [6.07, 6.45) is 1.69. The van der Waals surface area contributed by atoms with Gasteiger partial charge in [-0.1, -0.05) is 25.1 Å². The molecule has 3 heterocycles. The minimum atomic E-state index is -0.102. The van der Waals surface area contributed by atoms with Crippen LogP contribution in [-0.4, -0.2) is 53.4 Å². The Morgan fingerprint density at radius 3 is 2.50 bits per heavy atom. The Bertz CT molecular complexity index is 725. The number of hydrogen-bond acceptors (Lipinski definition) is 4. The van der Waals surface area contributed by atoms with Crippen molar-refractivity contribution in [2.75, 3.05) is 37.6 Å². The number of pyridine rings is 1. The molecule has 1 fully saturated rings. The number of fused-ring (bicyclic) bond motifs is 1. The maximum absolute atomic E-state index is 13.0. The highest BCUT2D eigenvalue weighted by Crippen LogP contribution is 2.38. The number of carbonyl (C=O) groups is 1. The summed E-state index contributed by atoms with van der Waals surface area (Å²) >= 11 is 0. The van der Waals surface area contributed by atoms with Gasteiger partial charge in [-0.3, -0.25) is 19.6 Å². The van der Waals surface area contributed by atoms with E-state index >= 15 is 0 Å². The minimum Gasteiger partial charge on any atom is -0.301 e. The van der Waals surface area contributed by atoms with Crippen LogP contribution in [0.4, 0.5) is 5.69 Å². The summed E-state index contributed by atoms with van der Waals surface area (Å²) in [4.78, 5) is 24.3.